The molecule has 0 aromatic rings. The van der Waals surface area contributed by atoms with Gasteiger partial charge in [-0.1, -0.05) is 0 Å². The van der Waals surface area contributed by atoms with E-state index in [-0.39, 0.29) is 5.79 Å². The number of methoxy groups -OCH3 is 2. The summed E-state index contributed by atoms with van der Waals surface area (Å²) in [7, 11) is 3.65. The SMILES string of the molecule is COC1(OC)C2CC3CC(C2)CC1C3. The zero-order chi connectivity index (χ0) is 9.76. The molecule has 0 N–H and O–H groups in total. The van der Waals surface area contributed by atoms with Gasteiger partial charge in [0, 0.05) is 26.1 Å². The summed E-state index contributed by atoms with van der Waals surface area (Å²) in [6.45, 7) is 0. The minimum absolute atomic E-state index is 0.215. The van der Waals surface area contributed by atoms with E-state index in [0.29, 0.717) is 11.8 Å². The van der Waals surface area contributed by atoms with E-state index in [4.69, 9.17) is 9.47 Å². The third kappa shape index (κ3) is 0.989. The molecule has 4 saturated carbocycles. The standard InChI is InChI=1S/C12H20O2/c1-13-12(14-2)10-4-8-3-9(6-10)7-11(12)5-8/h8-11H,3-7H2,1-2H3. The Morgan fingerprint density at radius 2 is 1.21 bits per heavy atom. The normalized spacial score (nSPS) is 48.4. The first-order valence-electron chi connectivity index (χ1n) is 5.88. The van der Waals surface area contributed by atoms with Gasteiger partial charge < -0.3 is 9.47 Å². The Hall–Kier alpha value is -0.0800. The molecular weight excluding hydrogens is 176 g/mol. The number of ether oxygens (including phenoxy) is 2. The first-order valence-corrected chi connectivity index (χ1v) is 5.88. The van der Waals surface area contributed by atoms with Gasteiger partial charge in [-0.2, -0.15) is 0 Å². The fraction of sp³-hybridized carbons (Fsp3) is 1.00. The molecule has 0 spiro atoms. The highest BCUT2D eigenvalue weighted by atomic mass is 16.7. The van der Waals surface area contributed by atoms with Gasteiger partial charge in [-0.25, -0.2) is 0 Å². The molecule has 0 heterocycles. The van der Waals surface area contributed by atoms with Gasteiger partial charge in [0.25, 0.3) is 0 Å². The van der Waals surface area contributed by atoms with Gasteiger partial charge in [0.05, 0.1) is 0 Å². The van der Waals surface area contributed by atoms with Crippen LogP contribution >= 0.6 is 0 Å². The van der Waals surface area contributed by atoms with Crippen molar-refractivity contribution >= 4 is 0 Å². The van der Waals surface area contributed by atoms with Gasteiger partial charge in [0.15, 0.2) is 5.79 Å². The lowest BCUT2D eigenvalue weighted by molar-refractivity contribution is -0.319. The maximum absolute atomic E-state index is 5.74. The Labute approximate surface area is 86.0 Å². The quantitative estimate of drug-likeness (QED) is 0.631. The van der Waals surface area contributed by atoms with Crippen LogP contribution in [-0.2, 0) is 9.47 Å². The molecule has 0 atom stereocenters. The van der Waals surface area contributed by atoms with E-state index in [9.17, 15) is 0 Å². The van der Waals surface area contributed by atoms with E-state index < -0.39 is 0 Å². The van der Waals surface area contributed by atoms with E-state index >= 15 is 0 Å². The molecule has 4 fully saturated rings. The largest absolute Gasteiger partial charge is 0.353 e. The lowest BCUT2D eigenvalue weighted by Crippen LogP contribution is -2.59. The van der Waals surface area contributed by atoms with Crippen LogP contribution in [0.3, 0.4) is 0 Å². The zero-order valence-corrected chi connectivity index (χ0v) is 9.16. The molecule has 0 radical (unpaired) electrons. The summed E-state index contributed by atoms with van der Waals surface area (Å²) in [5.74, 6) is 3.10. The molecule has 4 aliphatic carbocycles. The van der Waals surface area contributed by atoms with Crippen LogP contribution in [0.25, 0.3) is 0 Å². The summed E-state index contributed by atoms with van der Waals surface area (Å²) in [6.07, 6.45) is 6.85. The van der Waals surface area contributed by atoms with E-state index in [1.165, 1.54) is 32.1 Å². The van der Waals surface area contributed by atoms with Crippen molar-refractivity contribution in [3.8, 4) is 0 Å². The third-order valence-electron chi connectivity index (χ3n) is 4.91. The van der Waals surface area contributed by atoms with Crippen LogP contribution in [0, 0.1) is 23.7 Å². The molecule has 2 heteroatoms. The van der Waals surface area contributed by atoms with E-state index in [2.05, 4.69) is 0 Å². The molecule has 0 unspecified atom stereocenters. The Bertz CT molecular complexity index is 202. The average molecular weight is 196 g/mol. The Morgan fingerprint density at radius 1 is 0.786 bits per heavy atom. The fourth-order valence-corrected chi connectivity index (χ4v) is 4.59. The summed E-state index contributed by atoms with van der Waals surface area (Å²) >= 11 is 0. The molecule has 0 aliphatic heterocycles. The van der Waals surface area contributed by atoms with E-state index in [1.807, 2.05) is 14.2 Å². The van der Waals surface area contributed by atoms with Crippen LogP contribution in [0.5, 0.6) is 0 Å². The topological polar surface area (TPSA) is 18.5 Å². The van der Waals surface area contributed by atoms with Gasteiger partial charge in [-0.05, 0) is 43.9 Å². The summed E-state index contributed by atoms with van der Waals surface area (Å²) in [6, 6.07) is 0. The van der Waals surface area contributed by atoms with Crippen molar-refractivity contribution in [2.24, 2.45) is 23.7 Å². The highest BCUT2D eigenvalue weighted by Crippen LogP contribution is 2.59. The van der Waals surface area contributed by atoms with Crippen molar-refractivity contribution in [3.63, 3.8) is 0 Å². The first-order chi connectivity index (χ1) is 6.78. The molecule has 4 aliphatic rings. The molecule has 80 valence electrons. The molecule has 0 aromatic carbocycles. The zero-order valence-electron chi connectivity index (χ0n) is 9.16. The molecule has 14 heavy (non-hydrogen) atoms. The molecular formula is C12H20O2. The second kappa shape index (κ2) is 2.96. The van der Waals surface area contributed by atoms with Crippen molar-refractivity contribution in [2.45, 2.75) is 37.9 Å². The minimum atomic E-state index is -0.215. The van der Waals surface area contributed by atoms with Gasteiger partial charge in [-0.3, -0.25) is 0 Å². The lowest BCUT2D eigenvalue weighted by atomic mass is 9.53. The molecule has 4 rings (SSSR count). The number of rotatable bonds is 2. The first kappa shape index (κ1) is 9.17. The second-order valence-electron chi connectivity index (χ2n) is 5.43. The van der Waals surface area contributed by atoms with Gasteiger partial charge in [-0.15, -0.1) is 0 Å². The fourth-order valence-electron chi connectivity index (χ4n) is 4.59. The minimum Gasteiger partial charge on any atom is -0.353 e. The van der Waals surface area contributed by atoms with Crippen molar-refractivity contribution in [3.05, 3.63) is 0 Å². The van der Waals surface area contributed by atoms with Crippen LogP contribution in [-0.4, -0.2) is 20.0 Å². The summed E-state index contributed by atoms with van der Waals surface area (Å²) in [5, 5.41) is 0. The molecule has 4 bridgehead atoms. The van der Waals surface area contributed by atoms with Crippen molar-refractivity contribution < 1.29 is 9.47 Å². The van der Waals surface area contributed by atoms with E-state index in [1.54, 1.807) is 0 Å². The van der Waals surface area contributed by atoms with Crippen molar-refractivity contribution in [1.29, 1.82) is 0 Å². The third-order valence-corrected chi connectivity index (χ3v) is 4.91. The number of hydrogen-bond donors (Lipinski definition) is 0. The molecule has 0 aromatic heterocycles. The van der Waals surface area contributed by atoms with Crippen LogP contribution in [0.1, 0.15) is 32.1 Å². The van der Waals surface area contributed by atoms with Gasteiger partial charge in [0.2, 0.25) is 0 Å². The van der Waals surface area contributed by atoms with E-state index in [0.717, 1.165) is 11.8 Å². The monoisotopic (exact) mass is 196 g/mol. The summed E-state index contributed by atoms with van der Waals surface area (Å²) in [5.41, 5.74) is 0. The highest BCUT2D eigenvalue weighted by molar-refractivity contribution is 5.03. The van der Waals surface area contributed by atoms with Crippen molar-refractivity contribution in [1.82, 2.24) is 0 Å². The predicted octanol–water partition coefficient (Wildman–Crippen LogP) is 2.43. The Balaban J connectivity index is 1.93. The van der Waals surface area contributed by atoms with Crippen LogP contribution < -0.4 is 0 Å². The summed E-state index contributed by atoms with van der Waals surface area (Å²) < 4.78 is 11.5. The lowest BCUT2D eigenvalue weighted by Gasteiger charge is -2.59. The summed E-state index contributed by atoms with van der Waals surface area (Å²) in [4.78, 5) is 0. The average Bonchev–Trinajstić information content (AvgIpc) is 2.18. The van der Waals surface area contributed by atoms with Crippen molar-refractivity contribution in [2.75, 3.05) is 14.2 Å². The maximum atomic E-state index is 5.74. The van der Waals surface area contributed by atoms with Crippen LogP contribution in [0.15, 0.2) is 0 Å². The molecule has 0 saturated heterocycles. The van der Waals surface area contributed by atoms with Crippen LogP contribution in [0.4, 0.5) is 0 Å². The molecule has 2 nitrogen and oxygen atoms in total. The Kier molecular flexibility index (Phi) is 1.94. The predicted molar refractivity (Wildman–Crippen MR) is 53.8 cm³/mol. The number of hydrogen-bond acceptors (Lipinski definition) is 2. The van der Waals surface area contributed by atoms with Gasteiger partial charge >= 0.3 is 0 Å². The molecule has 0 amide bonds. The Morgan fingerprint density at radius 3 is 1.57 bits per heavy atom. The maximum Gasteiger partial charge on any atom is 0.173 e. The van der Waals surface area contributed by atoms with Gasteiger partial charge in [0.1, 0.15) is 0 Å². The second-order valence-corrected chi connectivity index (χ2v) is 5.43. The smallest absolute Gasteiger partial charge is 0.173 e. The highest BCUT2D eigenvalue weighted by Gasteiger charge is 2.58. The van der Waals surface area contributed by atoms with Crippen LogP contribution in [0.2, 0.25) is 0 Å².